The summed E-state index contributed by atoms with van der Waals surface area (Å²) in [6.45, 7) is 2.70. The molecule has 0 aliphatic rings. The second-order valence-corrected chi connectivity index (χ2v) is 3.62. The van der Waals surface area contributed by atoms with Crippen molar-refractivity contribution in [1.82, 2.24) is 9.78 Å². The zero-order chi connectivity index (χ0) is 11.4. The summed E-state index contributed by atoms with van der Waals surface area (Å²) in [6.07, 6.45) is 2.11. The fraction of sp³-hybridized carbons (Fsp3) is 0.231. The smallest absolute Gasteiger partial charge is 0.185 e. The van der Waals surface area contributed by atoms with Gasteiger partial charge in [-0.15, -0.1) is 0 Å². The summed E-state index contributed by atoms with van der Waals surface area (Å²) < 4.78 is 1.73. The van der Waals surface area contributed by atoms with Gasteiger partial charge in [0.25, 0.3) is 0 Å². The van der Waals surface area contributed by atoms with Gasteiger partial charge in [-0.05, 0) is 18.6 Å². The number of rotatable bonds is 4. The quantitative estimate of drug-likeness (QED) is 0.732. The highest BCUT2D eigenvalue weighted by Gasteiger charge is 2.11. The highest BCUT2D eigenvalue weighted by Crippen LogP contribution is 2.07. The van der Waals surface area contributed by atoms with E-state index in [2.05, 4.69) is 5.10 Å². The number of hydrogen-bond acceptors (Lipinski definition) is 2. The molecule has 0 spiro atoms. The minimum Gasteiger partial charge on any atom is -0.292 e. The predicted octanol–water partition coefficient (Wildman–Crippen LogP) is 2.33. The summed E-state index contributed by atoms with van der Waals surface area (Å²) in [4.78, 5) is 12.0. The molecule has 0 bridgehead atoms. The molecule has 2 aromatic rings. The monoisotopic (exact) mass is 214 g/mol. The van der Waals surface area contributed by atoms with Gasteiger partial charge >= 0.3 is 0 Å². The predicted molar refractivity (Wildman–Crippen MR) is 62.4 cm³/mol. The number of ketones is 1. The lowest BCUT2D eigenvalue weighted by Gasteiger charge is -2.03. The van der Waals surface area contributed by atoms with Crippen LogP contribution in [0.25, 0.3) is 0 Å². The zero-order valence-corrected chi connectivity index (χ0v) is 9.26. The van der Waals surface area contributed by atoms with E-state index in [1.165, 1.54) is 0 Å². The van der Waals surface area contributed by atoms with Crippen LogP contribution in [0.4, 0.5) is 0 Å². The van der Waals surface area contributed by atoms with E-state index in [4.69, 9.17) is 0 Å². The van der Waals surface area contributed by atoms with Crippen LogP contribution in [0.3, 0.4) is 0 Å². The Bertz CT molecular complexity index is 474. The van der Waals surface area contributed by atoms with E-state index in [1.54, 1.807) is 16.9 Å². The number of hydrogen-bond donors (Lipinski definition) is 0. The molecule has 0 atom stereocenters. The van der Waals surface area contributed by atoms with Crippen LogP contribution in [0, 0.1) is 0 Å². The average molecular weight is 214 g/mol. The molecule has 0 saturated heterocycles. The van der Waals surface area contributed by atoms with E-state index < -0.39 is 0 Å². The lowest BCUT2D eigenvalue weighted by atomic mass is 10.1. The first-order valence-corrected chi connectivity index (χ1v) is 5.40. The Morgan fingerprint density at radius 2 is 2.00 bits per heavy atom. The maximum Gasteiger partial charge on any atom is 0.185 e. The van der Waals surface area contributed by atoms with Crippen LogP contribution in [0.5, 0.6) is 0 Å². The van der Waals surface area contributed by atoms with Crippen molar-refractivity contribution in [3.05, 3.63) is 53.9 Å². The molecule has 0 unspecified atom stereocenters. The Morgan fingerprint density at radius 3 is 2.69 bits per heavy atom. The van der Waals surface area contributed by atoms with E-state index in [0.29, 0.717) is 12.1 Å². The zero-order valence-electron chi connectivity index (χ0n) is 9.26. The molecule has 0 amide bonds. The van der Waals surface area contributed by atoms with Crippen molar-refractivity contribution in [1.29, 1.82) is 0 Å². The molecule has 0 radical (unpaired) electrons. The summed E-state index contributed by atoms with van der Waals surface area (Å²) in [7, 11) is 0. The fourth-order valence-corrected chi connectivity index (χ4v) is 1.69. The molecular weight excluding hydrogens is 200 g/mol. The SMILES string of the molecule is CCn1nccc1C(=O)Cc1ccccc1. The van der Waals surface area contributed by atoms with Crippen LogP contribution in [-0.4, -0.2) is 15.6 Å². The van der Waals surface area contributed by atoms with Gasteiger partial charge in [0.05, 0.1) is 0 Å². The van der Waals surface area contributed by atoms with Gasteiger partial charge in [-0.2, -0.15) is 5.10 Å². The largest absolute Gasteiger partial charge is 0.292 e. The lowest BCUT2D eigenvalue weighted by Crippen LogP contribution is -2.11. The maximum atomic E-state index is 12.0. The number of nitrogens with zero attached hydrogens (tertiary/aromatic N) is 2. The van der Waals surface area contributed by atoms with E-state index in [9.17, 15) is 4.79 Å². The van der Waals surface area contributed by atoms with Gasteiger partial charge in [-0.25, -0.2) is 0 Å². The van der Waals surface area contributed by atoms with Crippen molar-refractivity contribution >= 4 is 5.78 Å². The number of benzene rings is 1. The van der Waals surface area contributed by atoms with E-state index in [-0.39, 0.29) is 5.78 Å². The third kappa shape index (κ3) is 2.19. The highest BCUT2D eigenvalue weighted by molar-refractivity contribution is 5.95. The fourth-order valence-electron chi connectivity index (χ4n) is 1.69. The van der Waals surface area contributed by atoms with Crippen molar-refractivity contribution < 1.29 is 4.79 Å². The van der Waals surface area contributed by atoms with Crippen LogP contribution >= 0.6 is 0 Å². The number of carbonyl (C=O) groups is 1. The van der Waals surface area contributed by atoms with E-state index in [0.717, 1.165) is 12.1 Å². The first-order chi connectivity index (χ1) is 7.81. The Labute approximate surface area is 94.7 Å². The number of carbonyl (C=O) groups excluding carboxylic acids is 1. The van der Waals surface area contributed by atoms with Gasteiger partial charge in [-0.3, -0.25) is 9.48 Å². The molecule has 1 heterocycles. The molecular formula is C13H14N2O. The molecule has 1 aromatic carbocycles. The first-order valence-electron chi connectivity index (χ1n) is 5.40. The van der Waals surface area contributed by atoms with Gasteiger partial charge in [-0.1, -0.05) is 30.3 Å². The van der Waals surface area contributed by atoms with Gasteiger partial charge in [0.1, 0.15) is 5.69 Å². The first kappa shape index (κ1) is 10.6. The minimum atomic E-state index is 0.116. The summed E-state index contributed by atoms with van der Waals surface area (Å²) >= 11 is 0. The normalized spacial score (nSPS) is 10.3. The second kappa shape index (κ2) is 4.75. The summed E-state index contributed by atoms with van der Waals surface area (Å²) in [5, 5.41) is 4.09. The van der Waals surface area contributed by atoms with Crippen LogP contribution in [-0.2, 0) is 13.0 Å². The van der Waals surface area contributed by atoms with Crippen LogP contribution in [0.2, 0.25) is 0 Å². The summed E-state index contributed by atoms with van der Waals surface area (Å²) in [6, 6.07) is 11.5. The summed E-state index contributed by atoms with van der Waals surface area (Å²) in [5.74, 6) is 0.116. The molecule has 16 heavy (non-hydrogen) atoms. The van der Waals surface area contributed by atoms with Crippen molar-refractivity contribution in [2.45, 2.75) is 19.9 Å². The molecule has 0 fully saturated rings. The van der Waals surface area contributed by atoms with E-state index >= 15 is 0 Å². The molecule has 0 aliphatic carbocycles. The molecule has 1 aromatic heterocycles. The molecule has 0 saturated carbocycles. The van der Waals surface area contributed by atoms with Crippen LogP contribution in [0.15, 0.2) is 42.6 Å². The van der Waals surface area contributed by atoms with Gasteiger partial charge < -0.3 is 0 Å². The maximum absolute atomic E-state index is 12.0. The van der Waals surface area contributed by atoms with Gasteiger partial charge in [0, 0.05) is 19.2 Å². The molecule has 0 aliphatic heterocycles. The van der Waals surface area contributed by atoms with Crippen molar-refractivity contribution in [2.75, 3.05) is 0 Å². The van der Waals surface area contributed by atoms with Crippen LogP contribution < -0.4 is 0 Å². The Hall–Kier alpha value is -1.90. The Morgan fingerprint density at radius 1 is 1.25 bits per heavy atom. The van der Waals surface area contributed by atoms with Gasteiger partial charge in [0.15, 0.2) is 5.78 Å². The minimum absolute atomic E-state index is 0.116. The molecule has 3 heteroatoms. The van der Waals surface area contributed by atoms with Crippen LogP contribution in [0.1, 0.15) is 23.0 Å². The third-order valence-electron chi connectivity index (χ3n) is 2.51. The van der Waals surface area contributed by atoms with Crippen molar-refractivity contribution in [2.24, 2.45) is 0 Å². The number of aryl methyl sites for hydroxylation is 1. The Balaban J connectivity index is 2.15. The number of Topliss-reactive ketones (excluding diaryl/α,β-unsaturated/α-hetero) is 1. The molecule has 2 rings (SSSR count). The molecule has 82 valence electrons. The third-order valence-corrected chi connectivity index (χ3v) is 2.51. The number of aromatic nitrogens is 2. The highest BCUT2D eigenvalue weighted by atomic mass is 16.1. The van der Waals surface area contributed by atoms with Crippen molar-refractivity contribution in [3.63, 3.8) is 0 Å². The molecule has 0 N–H and O–H groups in total. The standard InChI is InChI=1S/C13H14N2O/c1-2-15-12(8-9-14-15)13(16)10-11-6-4-3-5-7-11/h3-9H,2,10H2,1H3. The van der Waals surface area contributed by atoms with Crippen molar-refractivity contribution in [3.8, 4) is 0 Å². The Kier molecular flexibility index (Phi) is 3.15. The van der Waals surface area contributed by atoms with E-state index in [1.807, 2.05) is 37.3 Å². The molecule has 3 nitrogen and oxygen atoms in total. The lowest BCUT2D eigenvalue weighted by molar-refractivity contribution is 0.0983. The topological polar surface area (TPSA) is 34.9 Å². The average Bonchev–Trinajstić information content (AvgIpc) is 2.78. The second-order valence-electron chi connectivity index (χ2n) is 3.62. The summed E-state index contributed by atoms with van der Waals surface area (Å²) in [5.41, 5.74) is 1.72. The van der Waals surface area contributed by atoms with Gasteiger partial charge in [0.2, 0.25) is 0 Å².